The summed E-state index contributed by atoms with van der Waals surface area (Å²) in [4.78, 5) is 11.4. The number of halogens is 6. The highest BCUT2D eigenvalue weighted by Crippen LogP contribution is 2.36. The molecule has 0 radical (unpaired) electrons. The first kappa shape index (κ1) is 25.4. The number of rotatable bonds is 7. The molecule has 1 aliphatic heterocycles. The van der Waals surface area contributed by atoms with E-state index in [-0.39, 0.29) is 32.5 Å². The Labute approximate surface area is 175 Å². The van der Waals surface area contributed by atoms with Gasteiger partial charge in [0, 0.05) is 25.0 Å². The first-order valence-electron chi connectivity index (χ1n) is 9.33. The third kappa shape index (κ3) is 7.07. The van der Waals surface area contributed by atoms with E-state index in [2.05, 4.69) is 10.1 Å². The summed E-state index contributed by atoms with van der Waals surface area (Å²) in [5.74, 6) is -1.09. The van der Waals surface area contributed by atoms with Gasteiger partial charge < -0.3 is 10.1 Å². The second kappa shape index (κ2) is 9.74. The average molecular weight is 476 g/mol. The van der Waals surface area contributed by atoms with Crippen molar-refractivity contribution in [3.8, 4) is 0 Å². The van der Waals surface area contributed by atoms with Crippen molar-refractivity contribution < 1.29 is 44.3 Å². The fourth-order valence-electron chi connectivity index (χ4n) is 3.18. The molecule has 0 aromatic heterocycles. The number of hydrogen-bond acceptors (Lipinski definition) is 4. The molecule has 1 aromatic carbocycles. The van der Waals surface area contributed by atoms with Crippen LogP contribution in [0, 0.1) is 5.92 Å². The van der Waals surface area contributed by atoms with Gasteiger partial charge >= 0.3 is 12.4 Å². The third-order valence-corrected chi connectivity index (χ3v) is 6.61. The van der Waals surface area contributed by atoms with Crippen LogP contribution < -0.4 is 5.32 Å². The maximum absolute atomic E-state index is 13.2. The van der Waals surface area contributed by atoms with E-state index in [0.29, 0.717) is 6.07 Å². The van der Waals surface area contributed by atoms with Gasteiger partial charge in [-0.05, 0) is 31.9 Å². The number of hydrogen-bond donors (Lipinski definition) is 1. The Morgan fingerprint density at radius 1 is 1.16 bits per heavy atom. The minimum atomic E-state index is -4.84. The SMILES string of the molecule is CC(COCC(F)(F)F)NC(=O)C1CCN(S(=O)(=O)c2ccccc2C(F)(F)F)CC1. The van der Waals surface area contributed by atoms with Crippen molar-refractivity contribution in [3.05, 3.63) is 29.8 Å². The van der Waals surface area contributed by atoms with Gasteiger partial charge in [0.05, 0.1) is 17.1 Å². The molecule has 1 heterocycles. The van der Waals surface area contributed by atoms with E-state index >= 15 is 0 Å². The zero-order chi connectivity index (χ0) is 23.4. The minimum Gasteiger partial charge on any atom is -0.370 e. The highest BCUT2D eigenvalue weighted by Gasteiger charge is 2.40. The van der Waals surface area contributed by atoms with Crippen molar-refractivity contribution in [2.24, 2.45) is 5.92 Å². The molecule has 176 valence electrons. The Bertz CT molecular complexity index is 865. The molecule has 1 unspecified atom stereocenters. The van der Waals surface area contributed by atoms with E-state index in [1.54, 1.807) is 0 Å². The second-order valence-electron chi connectivity index (χ2n) is 7.21. The van der Waals surface area contributed by atoms with Gasteiger partial charge in [-0.15, -0.1) is 0 Å². The Hall–Kier alpha value is -1.86. The molecule has 2 rings (SSSR count). The van der Waals surface area contributed by atoms with Crippen LogP contribution in [-0.2, 0) is 25.7 Å². The van der Waals surface area contributed by atoms with Crippen molar-refractivity contribution in [3.63, 3.8) is 0 Å². The largest absolute Gasteiger partial charge is 0.417 e. The summed E-state index contributed by atoms with van der Waals surface area (Å²) >= 11 is 0. The Balaban J connectivity index is 1.94. The molecule has 0 bridgehead atoms. The van der Waals surface area contributed by atoms with Gasteiger partial charge in [0.15, 0.2) is 0 Å². The summed E-state index contributed by atoms with van der Waals surface area (Å²) in [6.45, 7) is -0.658. The number of nitrogens with zero attached hydrogens (tertiary/aromatic N) is 1. The smallest absolute Gasteiger partial charge is 0.370 e. The first-order chi connectivity index (χ1) is 14.2. The molecule has 13 heteroatoms. The number of piperidine rings is 1. The zero-order valence-corrected chi connectivity index (χ0v) is 17.3. The molecule has 0 aliphatic carbocycles. The molecule has 31 heavy (non-hydrogen) atoms. The second-order valence-corrected chi connectivity index (χ2v) is 9.12. The first-order valence-corrected chi connectivity index (χ1v) is 10.8. The van der Waals surface area contributed by atoms with Gasteiger partial charge in [0.2, 0.25) is 15.9 Å². The van der Waals surface area contributed by atoms with Gasteiger partial charge in [-0.1, -0.05) is 12.1 Å². The van der Waals surface area contributed by atoms with Crippen molar-refractivity contribution in [2.45, 2.75) is 43.1 Å². The molecule has 0 saturated carbocycles. The van der Waals surface area contributed by atoms with Crippen LogP contribution >= 0.6 is 0 Å². The summed E-state index contributed by atoms with van der Waals surface area (Å²) in [7, 11) is -4.42. The number of alkyl halides is 6. The topological polar surface area (TPSA) is 75.7 Å². The fraction of sp³-hybridized carbons (Fsp3) is 0.611. The van der Waals surface area contributed by atoms with Crippen LogP contribution in [-0.4, -0.2) is 57.2 Å². The lowest BCUT2D eigenvalue weighted by Crippen LogP contribution is -2.46. The third-order valence-electron chi connectivity index (χ3n) is 4.66. The maximum Gasteiger partial charge on any atom is 0.417 e. The number of ether oxygens (including phenoxy) is 1. The lowest BCUT2D eigenvalue weighted by Gasteiger charge is -2.31. The molecular weight excluding hydrogens is 454 g/mol. The fourth-order valence-corrected chi connectivity index (χ4v) is 4.86. The van der Waals surface area contributed by atoms with Gasteiger partial charge in [-0.3, -0.25) is 4.79 Å². The molecule has 0 spiro atoms. The molecule has 1 amide bonds. The van der Waals surface area contributed by atoms with Crippen molar-refractivity contribution in [1.82, 2.24) is 9.62 Å². The number of amides is 1. The van der Waals surface area contributed by atoms with E-state index in [1.165, 1.54) is 13.0 Å². The molecule has 1 aromatic rings. The van der Waals surface area contributed by atoms with Crippen molar-refractivity contribution in [1.29, 1.82) is 0 Å². The summed E-state index contributed by atoms with van der Waals surface area (Å²) in [5.41, 5.74) is -1.26. The van der Waals surface area contributed by atoms with Crippen LogP contribution in [0.2, 0.25) is 0 Å². The molecule has 6 nitrogen and oxygen atoms in total. The van der Waals surface area contributed by atoms with Crippen LogP contribution in [0.25, 0.3) is 0 Å². The number of nitrogens with one attached hydrogen (secondary N) is 1. The highest BCUT2D eigenvalue weighted by atomic mass is 32.2. The van der Waals surface area contributed by atoms with Crippen LogP contribution in [0.5, 0.6) is 0 Å². The van der Waals surface area contributed by atoms with Gasteiger partial charge in [-0.2, -0.15) is 30.6 Å². The lowest BCUT2D eigenvalue weighted by atomic mass is 9.97. The summed E-state index contributed by atoms with van der Waals surface area (Å²) in [6.07, 6.45) is -9.19. The van der Waals surface area contributed by atoms with Crippen molar-refractivity contribution in [2.75, 3.05) is 26.3 Å². The normalized spacial score (nSPS) is 18.0. The summed E-state index contributed by atoms with van der Waals surface area (Å²) in [5, 5.41) is 2.50. The Kier molecular flexibility index (Phi) is 7.98. The Morgan fingerprint density at radius 2 is 1.74 bits per heavy atom. The predicted octanol–water partition coefficient (Wildman–Crippen LogP) is 3.19. The van der Waals surface area contributed by atoms with Gasteiger partial charge in [-0.25, -0.2) is 8.42 Å². The van der Waals surface area contributed by atoms with Crippen molar-refractivity contribution >= 4 is 15.9 Å². The molecule has 1 saturated heterocycles. The monoisotopic (exact) mass is 476 g/mol. The summed E-state index contributed by atoms with van der Waals surface area (Å²) in [6, 6.07) is 3.17. The highest BCUT2D eigenvalue weighted by molar-refractivity contribution is 7.89. The minimum absolute atomic E-state index is 0.0649. The maximum atomic E-state index is 13.2. The average Bonchev–Trinajstić information content (AvgIpc) is 2.66. The van der Waals surface area contributed by atoms with Crippen LogP contribution in [0.1, 0.15) is 25.3 Å². The van der Waals surface area contributed by atoms with Gasteiger partial charge in [0.1, 0.15) is 6.61 Å². The van der Waals surface area contributed by atoms with Gasteiger partial charge in [0.25, 0.3) is 0 Å². The quantitative estimate of drug-likeness (QED) is 0.614. The van der Waals surface area contributed by atoms with Crippen LogP contribution in [0.3, 0.4) is 0 Å². The molecule has 1 atom stereocenters. The number of sulfonamides is 1. The molecule has 1 N–H and O–H groups in total. The number of carbonyl (C=O) groups excluding carboxylic acids is 1. The summed E-state index contributed by atoms with van der Waals surface area (Å²) < 4.78 is 107. The Morgan fingerprint density at radius 3 is 2.29 bits per heavy atom. The standard InChI is InChI=1S/C18H22F6N2O4S/c1-12(10-30-11-17(19,20)21)25-16(27)13-6-8-26(9-7-13)31(28,29)15-5-3-2-4-14(15)18(22,23)24/h2-5,12-13H,6-11H2,1H3,(H,25,27). The van der Waals surface area contributed by atoms with E-state index in [9.17, 15) is 39.6 Å². The molecule has 1 fully saturated rings. The van der Waals surface area contributed by atoms with E-state index in [1.807, 2.05) is 0 Å². The number of carbonyl (C=O) groups is 1. The molecular formula is C18H22F6N2O4S. The van der Waals surface area contributed by atoms with E-state index in [0.717, 1.165) is 16.4 Å². The number of benzene rings is 1. The van der Waals surface area contributed by atoms with Crippen LogP contribution in [0.4, 0.5) is 26.3 Å². The lowest BCUT2D eigenvalue weighted by molar-refractivity contribution is -0.175. The predicted molar refractivity (Wildman–Crippen MR) is 97.4 cm³/mol. The van der Waals surface area contributed by atoms with Crippen LogP contribution in [0.15, 0.2) is 29.2 Å². The zero-order valence-electron chi connectivity index (χ0n) is 16.5. The van der Waals surface area contributed by atoms with E-state index in [4.69, 9.17) is 0 Å². The molecule has 1 aliphatic rings. The van der Waals surface area contributed by atoms with E-state index < -0.39 is 57.3 Å².